The fraction of sp³-hybridized carbons (Fsp3) is 0.455. The van der Waals surface area contributed by atoms with Crippen LogP contribution in [0.3, 0.4) is 0 Å². The molecular formula is C22H27F2N7O3. The molecule has 2 saturated carbocycles. The van der Waals surface area contributed by atoms with Gasteiger partial charge in [-0.25, -0.2) is 13.8 Å². The molecule has 0 radical (unpaired) electrons. The van der Waals surface area contributed by atoms with Crippen LogP contribution in [0.4, 0.5) is 26.1 Å². The number of halogens is 2. The average Bonchev–Trinajstić information content (AvgIpc) is 3.17. The summed E-state index contributed by atoms with van der Waals surface area (Å²) in [6, 6.07) is 4.19. The number of hydrogen-bond donors (Lipinski definition) is 3. The summed E-state index contributed by atoms with van der Waals surface area (Å²) >= 11 is 0. The first-order valence-electron chi connectivity index (χ1n) is 11.0. The second-order valence-electron chi connectivity index (χ2n) is 8.40. The molecule has 3 heterocycles. The molecule has 0 unspecified atom stereocenters. The first kappa shape index (κ1) is 23.6. The van der Waals surface area contributed by atoms with Crippen LogP contribution in [0.15, 0.2) is 35.4 Å². The lowest BCUT2D eigenvalue weighted by molar-refractivity contribution is -0.104. The van der Waals surface area contributed by atoms with Crippen LogP contribution >= 0.6 is 0 Å². The molecule has 2 aliphatic rings. The van der Waals surface area contributed by atoms with Gasteiger partial charge in [0.25, 0.3) is 17.4 Å². The van der Waals surface area contributed by atoms with Crippen molar-refractivity contribution < 1.29 is 18.3 Å². The van der Waals surface area contributed by atoms with E-state index < -0.39 is 23.4 Å². The van der Waals surface area contributed by atoms with Gasteiger partial charge < -0.3 is 25.7 Å². The summed E-state index contributed by atoms with van der Waals surface area (Å²) in [6.45, 7) is 0. The summed E-state index contributed by atoms with van der Waals surface area (Å²) in [5, 5.41) is 9.89. The minimum Gasteiger partial charge on any atom is -0.381 e. The number of hydrogen-bond acceptors (Lipinski definition) is 7. The largest absolute Gasteiger partial charge is 0.381 e. The van der Waals surface area contributed by atoms with E-state index in [4.69, 9.17) is 10.5 Å². The molecule has 12 heteroatoms. The van der Waals surface area contributed by atoms with Crippen molar-refractivity contribution in [2.24, 2.45) is 5.73 Å². The van der Waals surface area contributed by atoms with Gasteiger partial charge in [-0.2, -0.15) is 9.61 Å². The van der Waals surface area contributed by atoms with Crippen LogP contribution in [0.5, 0.6) is 0 Å². The van der Waals surface area contributed by atoms with Gasteiger partial charge in [0.15, 0.2) is 5.65 Å². The molecule has 5 rings (SSSR count). The van der Waals surface area contributed by atoms with Gasteiger partial charge in [-0.15, -0.1) is 0 Å². The van der Waals surface area contributed by atoms with E-state index in [0.717, 1.165) is 0 Å². The quantitative estimate of drug-likeness (QED) is 0.500. The van der Waals surface area contributed by atoms with Crippen LogP contribution in [0.2, 0.25) is 0 Å². The lowest BCUT2D eigenvalue weighted by Crippen LogP contribution is -2.41. The second-order valence-corrected chi connectivity index (χ2v) is 8.40. The summed E-state index contributed by atoms with van der Waals surface area (Å²) < 4.78 is 34.0. The molecule has 0 atom stereocenters. The summed E-state index contributed by atoms with van der Waals surface area (Å²) in [4.78, 5) is 28.6. The zero-order valence-corrected chi connectivity index (χ0v) is 18.9. The summed E-state index contributed by atoms with van der Waals surface area (Å²) in [7, 11) is 3.44. The van der Waals surface area contributed by atoms with Gasteiger partial charge in [0.05, 0.1) is 12.3 Å². The molecule has 1 amide bonds. The molecule has 0 aromatic carbocycles. The van der Waals surface area contributed by atoms with E-state index in [9.17, 15) is 18.4 Å². The van der Waals surface area contributed by atoms with Gasteiger partial charge in [0.2, 0.25) is 0 Å². The van der Waals surface area contributed by atoms with E-state index in [-0.39, 0.29) is 35.6 Å². The SMILES string of the molecule is CNc1cc(Nc2cccn(C3CC(F)(F)C3)c2=O)nc2c(C(N)=O)cnn12.COC1CCC1. The Labute approximate surface area is 194 Å². The smallest absolute Gasteiger partial charge is 0.274 e. The Morgan fingerprint density at radius 3 is 2.59 bits per heavy atom. The van der Waals surface area contributed by atoms with Crippen LogP contribution in [0, 0.1) is 0 Å². The highest BCUT2D eigenvalue weighted by molar-refractivity contribution is 5.98. The predicted molar refractivity (Wildman–Crippen MR) is 123 cm³/mol. The zero-order valence-electron chi connectivity index (χ0n) is 18.9. The monoisotopic (exact) mass is 475 g/mol. The van der Waals surface area contributed by atoms with E-state index >= 15 is 0 Å². The number of amides is 1. The number of fused-ring (bicyclic) bond motifs is 1. The molecule has 2 aliphatic carbocycles. The molecule has 2 fully saturated rings. The number of aromatic nitrogens is 4. The first-order valence-corrected chi connectivity index (χ1v) is 11.0. The number of carbonyl (C=O) groups excluding carboxylic acids is 1. The van der Waals surface area contributed by atoms with Gasteiger partial charge in [0, 0.05) is 45.3 Å². The normalized spacial score (nSPS) is 17.3. The Balaban J connectivity index is 0.000000398. The van der Waals surface area contributed by atoms with Gasteiger partial charge in [-0.1, -0.05) is 0 Å². The Morgan fingerprint density at radius 2 is 2.06 bits per heavy atom. The fourth-order valence-corrected chi connectivity index (χ4v) is 3.84. The highest BCUT2D eigenvalue weighted by atomic mass is 19.3. The van der Waals surface area contributed by atoms with Gasteiger partial charge >= 0.3 is 0 Å². The van der Waals surface area contributed by atoms with E-state index in [2.05, 4.69) is 20.7 Å². The second kappa shape index (κ2) is 9.37. The molecule has 0 bridgehead atoms. The molecule has 0 spiro atoms. The maximum absolute atomic E-state index is 13.2. The van der Waals surface area contributed by atoms with Crippen LogP contribution in [0.25, 0.3) is 5.65 Å². The Bertz CT molecular complexity index is 1240. The highest BCUT2D eigenvalue weighted by Gasteiger charge is 2.46. The molecule has 3 aromatic heterocycles. The maximum Gasteiger partial charge on any atom is 0.274 e. The molecule has 0 aliphatic heterocycles. The molecule has 3 aromatic rings. The Morgan fingerprint density at radius 1 is 1.32 bits per heavy atom. The Kier molecular flexibility index (Phi) is 6.51. The standard InChI is InChI=1S/C17H17F2N7O2.C5H10O/c1-21-13-5-12(24-15-10(14(20)27)8-22-26(13)15)23-11-3-2-4-25(16(11)28)9-6-17(18,19)7-9;1-6-5-3-2-4-5/h2-5,8-9,21H,6-7H2,1H3,(H2,20,27)(H,23,24);5H,2-4H2,1H3. The number of nitrogens with two attached hydrogens (primary N) is 1. The maximum atomic E-state index is 13.2. The van der Waals surface area contributed by atoms with Crippen molar-refractivity contribution in [1.82, 2.24) is 19.2 Å². The number of alkyl halides is 2. The van der Waals surface area contributed by atoms with Crippen molar-refractivity contribution in [3.8, 4) is 0 Å². The van der Waals surface area contributed by atoms with Crippen molar-refractivity contribution in [3.05, 3.63) is 46.5 Å². The van der Waals surface area contributed by atoms with Crippen molar-refractivity contribution >= 4 is 28.9 Å². The van der Waals surface area contributed by atoms with E-state index in [1.54, 1.807) is 26.3 Å². The number of ether oxygens (including phenoxy) is 1. The summed E-state index contributed by atoms with van der Waals surface area (Å²) in [5.74, 6) is -2.63. The minimum absolute atomic E-state index is 0.127. The van der Waals surface area contributed by atoms with E-state index in [0.29, 0.717) is 11.9 Å². The summed E-state index contributed by atoms with van der Waals surface area (Å²) in [6.07, 6.45) is 6.65. The van der Waals surface area contributed by atoms with Crippen molar-refractivity contribution in [1.29, 1.82) is 0 Å². The number of methoxy groups -OCH3 is 1. The molecule has 182 valence electrons. The number of nitrogens with one attached hydrogen (secondary N) is 2. The number of anilines is 3. The first-order chi connectivity index (χ1) is 16.2. The third-order valence-electron chi connectivity index (χ3n) is 6.08. The van der Waals surface area contributed by atoms with Crippen molar-refractivity contribution in [2.75, 3.05) is 24.8 Å². The van der Waals surface area contributed by atoms with Crippen LogP contribution in [-0.2, 0) is 4.74 Å². The topological polar surface area (TPSA) is 129 Å². The Hall–Kier alpha value is -3.54. The molecule has 4 N–H and O–H groups in total. The molecular weight excluding hydrogens is 448 g/mol. The van der Waals surface area contributed by atoms with Crippen LogP contribution in [-0.4, -0.2) is 51.3 Å². The number of rotatable bonds is 6. The number of nitrogens with zero attached hydrogens (tertiary/aromatic N) is 4. The minimum atomic E-state index is -2.73. The van der Waals surface area contributed by atoms with E-state index in [1.807, 2.05) is 0 Å². The number of pyridine rings is 1. The van der Waals surface area contributed by atoms with Gasteiger partial charge in [-0.3, -0.25) is 9.59 Å². The third kappa shape index (κ3) is 4.72. The van der Waals surface area contributed by atoms with Crippen LogP contribution in [0.1, 0.15) is 48.5 Å². The summed E-state index contributed by atoms with van der Waals surface area (Å²) in [5.41, 5.74) is 5.44. The lowest BCUT2D eigenvalue weighted by Gasteiger charge is -2.36. The molecule has 34 heavy (non-hydrogen) atoms. The third-order valence-corrected chi connectivity index (χ3v) is 6.08. The number of primary amides is 1. The average molecular weight is 476 g/mol. The lowest BCUT2D eigenvalue weighted by atomic mass is 9.88. The molecule has 10 nitrogen and oxygen atoms in total. The highest BCUT2D eigenvalue weighted by Crippen LogP contribution is 2.44. The van der Waals surface area contributed by atoms with E-state index in [1.165, 1.54) is 46.8 Å². The number of carbonyl (C=O) groups is 1. The van der Waals surface area contributed by atoms with Gasteiger partial charge in [0.1, 0.15) is 22.9 Å². The van der Waals surface area contributed by atoms with Crippen LogP contribution < -0.4 is 21.9 Å². The van der Waals surface area contributed by atoms with Crippen molar-refractivity contribution in [3.63, 3.8) is 0 Å². The zero-order chi connectivity index (χ0) is 24.5. The van der Waals surface area contributed by atoms with Crippen molar-refractivity contribution in [2.45, 2.75) is 50.2 Å². The molecule has 0 saturated heterocycles. The predicted octanol–water partition coefficient (Wildman–Crippen LogP) is 2.93. The van der Waals surface area contributed by atoms with Gasteiger partial charge in [-0.05, 0) is 31.4 Å². The fourth-order valence-electron chi connectivity index (χ4n) is 3.84.